The molecule has 0 unspecified atom stereocenters. The molecule has 2 rings (SSSR count). The number of likely N-dealkylation sites (N-methyl/N-ethyl adjacent to an activating group) is 1. The fraction of sp³-hybridized carbons (Fsp3) is 0.533. The Bertz CT molecular complexity index is 500. The van der Waals surface area contributed by atoms with Crippen molar-refractivity contribution >= 4 is 21.8 Å². The molecule has 1 fully saturated rings. The van der Waals surface area contributed by atoms with Crippen molar-refractivity contribution in [1.82, 2.24) is 9.80 Å². The summed E-state index contributed by atoms with van der Waals surface area (Å²) in [4.78, 5) is 16.2. The number of aliphatic hydroxyl groups excluding tert-OH is 1. The number of carbonyl (C=O) groups is 1. The van der Waals surface area contributed by atoms with E-state index in [0.29, 0.717) is 11.3 Å². The van der Waals surface area contributed by atoms with Crippen LogP contribution in [0, 0.1) is 0 Å². The average Bonchev–Trinajstić information content (AvgIpc) is 2.46. The van der Waals surface area contributed by atoms with Gasteiger partial charge in [0.05, 0.1) is 6.10 Å². The van der Waals surface area contributed by atoms with Crippen molar-refractivity contribution < 1.29 is 14.6 Å². The van der Waals surface area contributed by atoms with E-state index in [4.69, 9.17) is 4.74 Å². The lowest BCUT2D eigenvalue weighted by molar-refractivity contribution is -0.134. The minimum atomic E-state index is -0.642. The average molecular weight is 357 g/mol. The van der Waals surface area contributed by atoms with Gasteiger partial charge in [-0.3, -0.25) is 4.79 Å². The number of ether oxygens (including phenoxy) is 1. The number of rotatable bonds is 4. The molecule has 0 radical (unpaired) electrons. The zero-order chi connectivity index (χ0) is 15.4. The number of nitrogens with zero attached hydrogens (tertiary/aromatic N) is 2. The second-order valence-corrected chi connectivity index (χ2v) is 6.25. The smallest absolute Gasteiger partial charge is 0.260 e. The van der Waals surface area contributed by atoms with E-state index in [1.807, 2.05) is 11.0 Å². The molecule has 1 aliphatic heterocycles. The molecule has 21 heavy (non-hydrogen) atoms. The van der Waals surface area contributed by atoms with Gasteiger partial charge in [0.15, 0.2) is 6.61 Å². The van der Waals surface area contributed by atoms with Gasteiger partial charge in [0.25, 0.3) is 5.91 Å². The van der Waals surface area contributed by atoms with E-state index in [0.717, 1.165) is 30.7 Å². The van der Waals surface area contributed by atoms with E-state index in [-0.39, 0.29) is 12.5 Å². The summed E-state index contributed by atoms with van der Waals surface area (Å²) < 4.78 is 6.48. The van der Waals surface area contributed by atoms with Crippen LogP contribution in [0.4, 0.5) is 0 Å². The van der Waals surface area contributed by atoms with Crippen molar-refractivity contribution in [3.05, 3.63) is 28.2 Å². The number of benzene rings is 1. The van der Waals surface area contributed by atoms with Crippen molar-refractivity contribution in [2.45, 2.75) is 13.0 Å². The Kier molecular flexibility index (Phi) is 5.61. The SMILES string of the molecule is C[C@@H](O)c1cc(Br)ccc1OCC(=O)N1CCN(C)CC1. The summed E-state index contributed by atoms with van der Waals surface area (Å²) in [6, 6.07) is 5.41. The molecular formula is C15H21BrN2O3. The highest BCUT2D eigenvalue weighted by Crippen LogP contribution is 2.28. The number of hydrogen-bond donors (Lipinski definition) is 1. The summed E-state index contributed by atoms with van der Waals surface area (Å²) in [6.07, 6.45) is -0.642. The number of halogens is 1. The number of carbonyl (C=O) groups excluding carboxylic acids is 1. The van der Waals surface area contributed by atoms with Crippen LogP contribution in [0.5, 0.6) is 5.75 Å². The zero-order valence-electron chi connectivity index (χ0n) is 12.4. The predicted molar refractivity (Wildman–Crippen MR) is 84.3 cm³/mol. The largest absolute Gasteiger partial charge is 0.483 e. The first-order valence-corrected chi connectivity index (χ1v) is 7.83. The molecule has 1 aliphatic rings. The molecule has 0 aliphatic carbocycles. The number of amides is 1. The Labute approximate surface area is 133 Å². The van der Waals surface area contributed by atoms with Gasteiger partial charge in [-0.1, -0.05) is 15.9 Å². The lowest BCUT2D eigenvalue weighted by atomic mass is 10.1. The standard InChI is InChI=1S/C15H21BrN2O3/c1-11(19)13-9-12(16)3-4-14(13)21-10-15(20)18-7-5-17(2)6-8-18/h3-4,9,11,19H,5-8,10H2,1-2H3/t11-/m1/s1. The van der Waals surface area contributed by atoms with Gasteiger partial charge in [-0.15, -0.1) is 0 Å². The van der Waals surface area contributed by atoms with Crippen LogP contribution in [0.15, 0.2) is 22.7 Å². The number of piperazine rings is 1. The van der Waals surface area contributed by atoms with E-state index >= 15 is 0 Å². The van der Waals surface area contributed by atoms with Gasteiger partial charge in [0.2, 0.25) is 0 Å². The summed E-state index contributed by atoms with van der Waals surface area (Å²) in [5.74, 6) is 0.540. The number of hydrogen-bond acceptors (Lipinski definition) is 4. The van der Waals surface area contributed by atoms with Crippen LogP contribution in [-0.4, -0.2) is 60.6 Å². The Hall–Kier alpha value is -1.11. The van der Waals surface area contributed by atoms with Crippen LogP contribution >= 0.6 is 15.9 Å². The Morgan fingerprint density at radius 1 is 1.38 bits per heavy atom. The van der Waals surface area contributed by atoms with Crippen molar-refractivity contribution in [1.29, 1.82) is 0 Å². The van der Waals surface area contributed by atoms with Gasteiger partial charge in [-0.05, 0) is 32.2 Å². The van der Waals surface area contributed by atoms with Crippen LogP contribution in [0.3, 0.4) is 0 Å². The third-order valence-corrected chi connectivity index (χ3v) is 4.12. The van der Waals surface area contributed by atoms with Crippen LogP contribution < -0.4 is 4.74 Å². The van der Waals surface area contributed by atoms with E-state index in [1.54, 1.807) is 19.1 Å². The first-order valence-electron chi connectivity index (χ1n) is 7.04. The highest BCUT2D eigenvalue weighted by Gasteiger charge is 2.20. The summed E-state index contributed by atoms with van der Waals surface area (Å²) in [5.41, 5.74) is 0.676. The highest BCUT2D eigenvalue weighted by molar-refractivity contribution is 9.10. The fourth-order valence-corrected chi connectivity index (χ4v) is 2.64. The molecule has 6 heteroatoms. The van der Waals surface area contributed by atoms with Crippen molar-refractivity contribution in [2.75, 3.05) is 39.8 Å². The molecule has 1 aromatic carbocycles. The molecule has 0 spiro atoms. The predicted octanol–water partition coefficient (Wildman–Crippen LogP) is 1.66. The van der Waals surface area contributed by atoms with Gasteiger partial charge in [0.1, 0.15) is 5.75 Å². The summed E-state index contributed by atoms with van der Waals surface area (Å²) >= 11 is 3.37. The molecule has 1 N–H and O–H groups in total. The molecule has 1 heterocycles. The Morgan fingerprint density at radius 3 is 2.67 bits per heavy atom. The van der Waals surface area contributed by atoms with Crippen LogP contribution in [0.25, 0.3) is 0 Å². The molecular weight excluding hydrogens is 336 g/mol. The van der Waals surface area contributed by atoms with Crippen LogP contribution in [-0.2, 0) is 4.79 Å². The van der Waals surface area contributed by atoms with Crippen molar-refractivity contribution in [3.63, 3.8) is 0 Å². The van der Waals surface area contributed by atoms with Gasteiger partial charge in [-0.25, -0.2) is 0 Å². The maximum atomic E-state index is 12.1. The van der Waals surface area contributed by atoms with Gasteiger partial charge in [0, 0.05) is 36.2 Å². The fourth-order valence-electron chi connectivity index (χ4n) is 2.26. The van der Waals surface area contributed by atoms with Crippen LogP contribution in [0.1, 0.15) is 18.6 Å². The van der Waals surface area contributed by atoms with E-state index in [2.05, 4.69) is 27.9 Å². The van der Waals surface area contributed by atoms with E-state index < -0.39 is 6.10 Å². The van der Waals surface area contributed by atoms with Crippen LogP contribution in [0.2, 0.25) is 0 Å². The normalized spacial score (nSPS) is 17.6. The van der Waals surface area contributed by atoms with Gasteiger partial charge >= 0.3 is 0 Å². The van der Waals surface area contributed by atoms with Gasteiger partial charge < -0.3 is 19.6 Å². The molecule has 1 saturated heterocycles. The van der Waals surface area contributed by atoms with E-state index in [1.165, 1.54) is 0 Å². The Balaban J connectivity index is 1.95. The molecule has 0 saturated carbocycles. The minimum Gasteiger partial charge on any atom is -0.483 e. The van der Waals surface area contributed by atoms with E-state index in [9.17, 15) is 9.90 Å². The first kappa shape index (κ1) is 16.3. The topological polar surface area (TPSA) is 53.0 Å². The second-order valence-electron chi connectivity index (χ2n) is 5.33. The lowest BCUT2D eigenvalue weighted by Gasteiger charge is -2.32. The summed E-state index contributed by atoms with van der Waals surface area (Å²) in [5, 5.41) is 9.77. The maximum absolute atomic E-state index is 12.1. The zero-order valence-corrected chi connectivity index (χ0v) is 14.0. The lowest BCUT2D eigenvalue weighted by Crippen LogP contribution is -2.48. The van der Waals surface area contributed by atoms with Crippen molar-refractivity contribution in [2.24, 2.45) is 0 Å². The molecule has 1 atom stereocenters. The third kappa shape index (κ3) is 4.43. The quantitative estimate of drug-likeness (QED) is 0.891. The monoisotopic (exact) mass is 356 g/mol. The molecule has 0 aromatic heterocycles. The molecule has 5 nitrogen and oxygen atoms in total. The minimum absolute atomic E-state index is 0.00503. The maximum Gasteiger partial charge on any atom is 0.260 e. The summed E-state index contributed by atoms with van der Waals surface area (Å²) in [6.45, 7) is 4.94. The molecule has 1 aromatic rings. The molecule has 0 bridgehead atoms. The molecule has 116 valence electrons. The summed E-state index contributed by atoms with van der Waals surface area (Å²) in [7, 11) is 2.05. The highest BCUT2D eigenvalue weighted by atomic mass is 79.9. The third-order valence-electron chi connectivity index (χ3n) is 3.63. The number of aliphatic hydroxyl groups is 1. The van der Waals surface area contributed by atoms with Crippen molar-refractivity contribution in [3.8, 4) is 5.75 Å². The molecule has 1 amide bonds. The second kappa shape index (κ2) is 7.24. The first-order chi connectivity index (χ1) is 9.97. The Morgan fingerprint density at radius 2 is 2.05 bits per heavy atom. The van der Waals surface area contributed by atoms with Gasteiger partial charge in [-0.2, -0.15) is 0 Å².